The van der Waals surface area contributed by atoms with E-state index >= 15 is 0 Å². The molecule has 0 saturated heterocycles. The maximum Gasteiger partial charge on any atom is 0.176 e. The molecule has 3 heteroatoms. The molecule has 0 amide bonds. The molecule has 0 N–H and O–H groups in total. The molecule has 1 aliphatic rings. The zero-order chi connectivity index (χ0) is 13.8. The Labute approximate surface area is 114 Å². The van der Waals surface area contributed by atoms with Crippen LogP contribution in [0.2, 0.25) is 0 Å². The summed E-state index contributed by atoms with van der Waals surface area (Å²) in [6.45, 7) is 5.85. The lowest BCUT2D eigenvalue weighted by Crippen LogP contribution is -2.33. The fourth-order valence-corrected chi connectivity index (χ4v) is 2.17. The van der Waals surface area contributed by atoms with E-state index in [1.165, 1.54) is 25.0 Å². The van der Waals surface area contributed by atoms with Gasteiger partial charge in [-0.05, 0) is 56.0 Å². The summed E-state index contributed by atoms with van der Waals surface area (Å²) in [6.07, 6.45) is 3.52. The number of halogens is 1. The quantitative estimate of drug-likeness (QED) is 0.702. The lowest BCUT2D eigenvalue weighted by atomic mass is 10.1. The number of hydrogen-bond donors (Lipinski definition) is 0. The van der Waals surface area contributed by atoms with Crippen molar-refractivity contribution in [2.45, 2.75) is 39.2 Å². The van der Waals surface area contributed by atoms with E-state index in [-0.39, 0.29) is 11.6 Å². The number of carbonyl (C=O) groups is 1. The lowest BCUT2D eigenvalue weighted by molar-refractivity contribution is 0.0920. The van der Waals surface area contributed by atoms with Crippen LogP contribution in [0.1, 0.15) is 43.5 Å². The van der Waals surface area contributed by atoms with Gasteiger partial charge in [0, 0.05) is 11.6 Å². The molecule has 1 fully saturated rings. The molecule has 0 atom stereocenters. The van der Waals surface area contributed by atoms with Crippen molar-refractivity contribution in [2.24, 2.45) is 5.92 Å². The summed E-state index contributed by atoms with van der Waals surface area (Å²) in [7, 11) is 0. The predicted molar refractivity (Wildman–Crippen MR) is 74.8 cm³/mol. The maximum absolute atomic E-state index is 12.8. The maximum atomic E-state index is 12.8. The first-order valence-corrected chi connectivity index (χ1v) is 7.09. The first-order valence-electron chi connectivity index (χ1n) is 7.09. The van der Waals surface area contributed by atoms with E-state index in [0.29, 0.717) is 24.1 Å². The standard InChI is InChI=1S/C16H22FNO/c1-12(2)9-10-18(15-7-8-15)11-16(19)13-3-5-14(17)6-4-13/h3-6,12,15H,7-11H2,1-2H3. The molecule has 0 bridgehead atoms. The molecule has 0 spiro atoms. The van der Waals surface area contributed by atoms with Crippen molar-refractivity contribution >= 4 is 5.78 Å². The van der Waals surface area contributed by atoms with E-state index in [1.807, 2.05) is 0 Å². The van der Waals surface area contributed by atoms with E-state index in [2.05, 4.69) is 18.7 Å². The number of benzene rings is 1. The van der Waals surface area contributed by atoms with Gasteiger partial charge in [0.1, 0.15) is 5.82 Å². The van der Waals surface area contributed by atoms with Gasteiger partial charge in [-0.3, -0.25) is 9.69 Å². The summed E-state index contributed by atoms with van der Waals surface area (Å²) < 4.78 is 12.8. The fraction of sp³-hybridized carbons (Fsp3) is 0.562. The highest BCUT2D eigenvalue weighted by atomic mass is 19.1. The van der Waals surface area contributed by atoms with E-state index in [0.717, 1.165) is 13.0 Å². The van der Waals surface area contributed by atoms with Crippen LogP contribution < -0.4 is 0 Å². The Hall–Kier alpha value is -1.22. The van der Waals surface area contributed by atoms with Crippen molar-refractivity contribution in [3.63, 3.8) is 0 Å². The summed E-state index contributed by atoms with van der Waals surface area (Å²) in [4.78, 5) is 14.5. The summed E-state index contributed by atoms with van der Waals surface area (Å²) in [5.74, 6) is 0.452. The zero-order valence-electron chi connectivity index (χ0n) is 11.7. The summed E-state index contributed by atoms with van der Waals surface area (Å²) in [6, 6.07) is 6.44. The number of carbonyl (C=O) groups excluding carboxylic acids is 1. The molecule has 2 nitrogen and oxygen atoms in total. The molecule has 0 radical (unpaired) electrons. The van der Waals surface area contributed by atoms with Crippen molar-refractivity contribution in [1.29, 1.82) is 0 Å². The average molecular weight is 263 g/mol. The number of hydrogen-bond acceptors (Lipinski definition) is 2. The van der Waals surface area contributed by atoms with Crippen LogP contribution in [0.25, 0.3) is 0 Å². The molecular weight excluding hydrogens is 241 g/mol. The third kappa shape index (κ3) is 4.43. The first kappa shape index (κ1) is 14.2. The van der Waals surface area contributed by atoms with E-state index in [1.54, 1.807) is 12.1 Å². The summed E-state index contributed by atoms with van der Waals surface area (Å²) >= 11 is 0. The molecule has 104 valence electrons. The smallest absolute Gasteiger partial charge is 0.176 e. The van der Waals surface area contributed by atoms with Gasteiger partial charge in [-0.25, -0.2) is 4.39 Å². The number of rotatable bonds is 7. The first-order chi connectivity index (χ1) is 9.06. The van der Waals surface area contributed by atoms with Gasteiger partial charge in [0.05, 0.1) is 6.54 Å². The van der Waals surface area contributed by atoms with Gasteiger partial charge in [0.25, 0.3) is 0 Å². The number of nitrogens with zero attached hydrogens (tertiary/aromatic N) is 1. The summed E-state index contributed by atoms with van der Waals surface area (Å²) in [5.41, 5.74) is 0.608. The Kier molecular flexibility index (Phi) is 4.70. The van der Waals surface area contributed by atoms with Gasteiger partial charge >= 0.3 is 0 Å². The Morgan fingerprint density at radius 3 is 2.47 bits per heavy atom. The van der Waals surface area contributed by atoms with Gasteiger partial charge in [0.15, 0.2) is 5.78 Å². The molecule has 0 aliphatic heterocycles. The van der Waals surface area contributed by atoms with Crippen molar-refractivity contribution in [3.05, 3.63) is 35.6 Å². The molecule has 19 heavy (non-hydrogen) atoms. The van der Waals surface area contributed by atoms with E-state index in [9.17, 15) is 9.18 Å². The summed E-state index contributed by atoms with van der Waals surface area (Å²) in [5, 5.41) is 0. The molecule has 2 rings (SSSR count). The minimum absolute atomic E-state index is 0.0932. The molecule has 1 aliphatic carbocycles. The Morgan fingerprint density at radius 2 is 1.95 bits per heavy atom. The van der Waals surface area contributed by atoms with Gasteiger partial charge in [-0.1, -0.05) is 13.8 Å². The van der Waals surface area contributed by atoms with Gasteiger partial charge in [0.2, 0.25) is 0 Å². The van der Waals surface area contributed by atoms with E-state index in [4.69, 9.17) is 0 Å². The van der Waals surface area contributed by atoms with Crippen LogP contribution in [-0.2, 0) is 0 Å². The van der Waals surface area contributed by atoms with Crippen molar-refractivity contribution in [2.75, 3.05) is 13.1 Å². The van der Waals surface area contributed by atoms with Gasteiger partial charge < -0.3 is 0 Å². The highest BCUT2D eigenvalue weighted by Crippen LogP contribution is 2.27. The van der Waals surface area contributed by atoms with Crippen molar-refractivity contribution < 1.29 is 9.18 Å². The average Bonchev–Trinajstić information content (AvgIpc) is 3.19. The molecule has 1 aromatic carbocycles. The van der Waals surface area contributed by atoms with Crippen LogP contribution in [0.3, 0.4) is 0 Å². The number of ketones is 1. The SMILES string of the molecule is CC(C)CCN(CC(=O)c1ccc(F)cc1)C1CC1. The molecule has 0 unspecified atom stereocenters. The third-order valence-electron chi connectivity index (χ3n) is 3.57. The van der Waals surface area contributed by atoms with Crippen LogP contribution >= 0.6 is 0 Å². The van der Waals surface area contributed by atoms with Crippen LogP contribution in [0.15, 0.2) is 24.3 Å². The normalized spacial score (nSPS) is 15.2. The Bertz CT molecular complexity index is 423. The van der Waals surface area contributed by atoms with Crippen molar-refractivity contribution in [1.82, 2.24) is 4.90 Å². The third-order valence-corrected chi connectivity index (χ3v) is 3.57. The van der Waals surface area contributed by atoms with Gasteiger partial charge in [-0.2, -0.15) is 0 Å². The minimum atomic E-state index is -0.296. The van der Waals surface area contributed by atoms with Crippen LogP contribution in [0.5, 0.6) is 0 Å². The Morgan fingerprint density at radius 1 is 1.32 bits per heavy atom. The second kappa shape index (κ2) is 6.29. The lowest BCUT2D eigenvalue weighted by Gasteiger charge is -2.22. The second-order valence-electron chi connectivity index (χ2n) is 5.81. The van der Waals surface area contributed by atoms with Crippen molar-refractivity contribution in [3.8, 4) is 0 Å². The highest BCUT2D eigenvalue weighted by Gasteiger charge is 2.30. The second-order valence-corrected chi connectivity index (χ2v) is 5.81. The zero-order valence-corrected chi connectivity index (χ0v) is 11.7. The topological polar surface area (TPSA) is 20.3 Å². The largest absolute Gasteiger partial charge is 0.293 e. The molecule has 1 aromatic rings. The molecule has 1 saturated carbocycles. The molecule has 0 aromatic heterocycles. The fourth-order valence-electron chi connectivity index (χ4n) is 2.17. The predicted octanol–water partition coefficient (Wildman–Crippen LogP) is 3.52. The minimum Gasteiger partial charge on any atom is -0.293 e. The van der Waals surface area contributed by atoms with Crippen LogP contribution in [0.4, 0.5) is 4.39 Å². The molecule has 0 heterocycles. The van der Waals surface area contributed by atoms with E-state index < -0.39 is 0 Å². The monoisotopic (exact) mass is 263 g/mol. The highest BCUT2D eigenvalue weighted by molar-refractivity contribution is 5.97. The molecular formula is C16H22FNO. The van der Waals surface area contributed by atoms with Crippen LogP contribution in [0, 0.1) is 11.7 Å². The Balaban J connectivity index is 1.92. The van der Waals surface area contributed by atoms with Crippen LogP contribution in [-0.4, -0.2) is 29.8 Å². The number of Topliss-reactive ketones (excluding diaryl/α,β-unsaturated/α-hetero) is 1. The van der Waals surface area contributed by atoms with Gasteiger partial charge in [-0.15, -0.1) is 0 Å².